The standard InChI is InChI=1S/C15H16N2O3/c16-14(15(18)19)8-11-3-5-13(6-4-11)20-10-12-2-1-7-17-9-12/h1-7,9,14H,8,10,16H2,(H,18,19)/t14-/m0/s1. The highest BCUT2D eigenvalue weighted by Gasteiger charge is 2.11. The Morgan fingerprint density at radius 3 is 2.60 bits per heavy atom. The molecule has 0 saturated heterocycles. The molecule has 1 aromatic heterocycles. The Labute approximate surface area is 117 Å². The minimum Gasteiger partial charge on any atom is -0.489 e. The Hall–Kier alpha value is -2.40. The van der Waals surface area contributed by atoms with E-state index in [1.54, 1.807) is 24.5 Å². The monoisotopic (exact) mass is 272 g/mol. The van der Waals surface area contributed by atoms with Gasteiger partial charge in [0.1, 0.15) is 18.4 Å². The molecule has 20 heavy (non-hydrogen) atoms. The van der Waals surface area contributed by atoms with Gasteiger partial charge in [-0.25, -0.2) is 0 Å². The van der Waals surface area contributed by atoms with Crippen LogP contribution in [0.2, 0.25) is 0 Å². The SMILES string of the molecule is N[C@@H](Cc1ccc(OCc2cccnc2)cc1)C(=O)O. The van der Waals surface area contributed by atoms with Gasteiger partial charge < -0.3 is 15.6 Å². The molecule has 1 heterocycles. The van der Waals surface area contributed by atoms with Gasteiger partial charge >= 0.3 is 5.97 Å². The number of benzene rings is 1. The topological polar surface area (TPSA) is 85.4 Å². The van der Waals surface area contributed by atoms with Crippen LogP contribution in [0, 0.1) is 0 Å². The zero-order valence-corrected chi connectivity index (χ0v) is 10.9. The van der Waals surface area contributed by atoms with Gasteiger partial charge in [-0.1, -0.05) is 18.2 Å². The zero-order valence-electron chi connectivity index (χ0n) is 10.9. The van der Waals surface area contributed by atoms with E-state index in [1.165, 1.54) is 0 Å². The summed E-state index contributed by atoms with van der Waals surface area (Å²) in [6.45, 7) is 0.446. The molecule has 0 spiro atoms. The summed E-state index contributed by atoms with van der Waals surface area (Å²) in [7, 11) is 0. The molecular formula is C15H16N2O3. The van der Waals surface area contributed by atoms with Crippen molar-refractivity contribution in [1.82, 2.24) is 4.98 Å². The normalized spacial score (nSPS) is 11.8. The molecule has 0 aliphatic rings. The molecular weight excluding hydrogens is 256 g/mol. The van der Waals surface area contributed by atoms with Crippen molar-refractivity contribution < 1.29 is 14.6 Å². The van der Waals surface area contributed by atoms with Crippen molar-refractivity contribution in [2.45, 2.75) is 19.1 Å². The summed E-state index contributed by atoms with van der Waals surface area (Å²) in [6, 6.07) is 10.2. The second-order valence-electron chi connectivity index (χ2n) is 4.44. The highest BCUT2D eigenvalue weighted by atomic mass is 16.5. The van der Waals surface area contributed by atoms with Gasteiger partial charge in [0.05, 0.1) is 0 Å². The fraction of sp³-hybridized carbons (Fsp3) is 0.200. The van der Waals surface area contributed by atoms with Crippen molar-refractivity contribution in [2.75, 3.05) is 0 Å². The summed E-state index contributed by atoms with van der Waals surface area (Å²) >= 11 is 0. The third-order valence-electron chi connectivity index (χ3n) is 2.82. The van der Waals surface area contributed by atoms with Gasteiger partial charge in [0.15, 0.2) is 0 Å². The van der Waals surface area contributed by atoms with E-state index < -0.39 is 12.0 Å². The first-order valence-corrected chi connectivity index (χ1v) is 6.24. The van der Waals surface area contributed by atoms with Crippen molar-refractivity contribution in [1.29, 1.82) is 0 Å². The number of aromatic nitrogens is 1. The molecule has 5 heteroatoms. The summed E-state index contributed by atoms with van der Waals surface area (Å²) in [4.78, 5) is 14.7. The van der Waals surface area contributed by atoms with E-state index in [9.17, 15) is 4.79 Å². The molecule has 2 aromatic rings. The van der Waals surface area contributed by atoms with Gasteiger partial charge in [-0.2, -0.15) is 0 Å². The highest BCUT2D eigenvalue weighted by Crippen LogP contribution is 2.14. The number of hydrogen-bond acceptors (Lipinski definition) is 4. The van der Waals surface area contributed by atoms with Crippen LogP contribution in [0.4, 0.5) is 0 Å². The van der Waals surface area contributed by atoms with Gasteiger partial charge in [0.25, 0.3) is 0 Å². The molecule has 0 aliphatic carbocycles. The molecule has 3 N–H and O–H groups in total. The van der Waals surface area contributed by atoms with Crippen LogP contribution in [-0.4, -0.2) is 22.1 Å². The Morgan fingerprint density at radius 1 is 1.25 bits per heavy atom. The second kappa shape index (κ2) is 6.68. The minimum absolute atomic E-state index is 0.304. The number of carboxylic acid groups (broad SMARTS) is 1. The number of rotatable bonds is 6. The van der Waals surface area contributed by atoms with Crippen LogP contribution in [0.3, 0.4) is 0 Å². The third-order valence-corrected chi connectivity index (χ3v) is 2.82. The number of pyridine rings is 1. The first-order valence-electron chi connectivity index (χ1n) is 6.24. The number of nitrogens with zero attached hydrogens (tertiary/aromatic N) is 1. The van der Waals surface area contributed by atoms with E-state index in [1.807, 2.05) is 24.3 Å². The van der Waals surface area contributed by atoms with E-state index in [0.717, 1.165) is 16.9 Å². The molecule has 2 rings (SSSR count). The summed E-state index contributed by atoms with van der Waals surface area (Å²) in [5.74, 6) is -0.275. The molecule has 0 unspecified atom stereocenters. The van der Waals surface area contributed by atoms with Crippen LogP contribution in [0.1, 0.15) is 11.1 Å². The number of carboxylic acids is 1. The molecule has 0 amide bonds. The van der Waals surface area contributed by atoms with Crippen LogP contribution in [-0.2, 0) is 17.8 Å². The van der Waals surface area contributed by atoms with Crippen LogP contribution >= 0.6 is 0 Å². The van der Waals surface area contributed by atoms with Crippen molar-refractivity contribution in [3.8, 4) is 5.75 Å². The van der Waals surface area contributed by atoms with Crippen LogP contribution in [0.5, 0.6) is 5.75 Å². The van der Waals surface area contributed by atoms with Crippen molar-refractivity contribution >= 4 is 5.97 Å². The summed E-state index contributed by atoms with van der Waals surface area (Å²) < 4.78 is 5.61. The predicted octanol–water partition coefficient (Wildman–Crippen LogP) is 1.62. The molecule has 5 nitrogen and oxygen atoms in total. The fourth-order valence-electron chi connectivity index (χ4n) is 1.71. The third kappa shape index (κ3) is 4.07. The summed E-state index contributed by atoms with van der Waals surface area (Å²) in [5, 5.41) is 8.75. The molecule has 0 radical (unpaired) electrons. The Bertz CT molecular complexity index is 555. The Balaban J connectivity index is 1.90. The number of hydrogen-bond donors (Lipinski definition) is 2. The summed E-state index contributed by atoms with van der Waals surface area (Å²) in [5.41, 5.74) is 7.34. The lowest BCUT2D eigenvalue weighted by Crippen LogP contribution is -2.32. The largest absolute Gasteiger partial charge is 0.489 e. The Kier molecular flexibility index (Phi) is 4.68. The smallest absolute Gasteiger partial charge is 0.320 e. The predicted molar refractivity (Wildman–Crippen MR) is 74.3 cm³/mol. The first-order chi connectivity index (χ1) is 9.65. The maximum atomic E-state index is 10.7. The lowest BCUT2D eigenvalue weighted by molar-refractivity contribution is -0.138. The quantitative estimate of drug-likeness (QED) is 0.834. The summed E-state index contributed by atoms with van der Waals surface area (Å²) in [6.07, 6.45) is 3.77. The van der Waals surface area contributed by atoms with E-state index in [2.05, 4.69) is 4.98 Å². The lowest BCUT2D eigenvalue weighted by atomic mass is 10.1. The number of ether oxygens (including phenoxy) is 1. The van der Waals surface area contributed by atoms with Gasteiger partial charge in [-0.05, 0) is 30.2 Å². The van der Waals surface area contributed by atoms with Gasteiger partial charge in [0, 0.05) is 18.0 Å². The lowest BCUT2D eigenvalue weighted by Gasteiger charge is -2.09. The average Bonchev–Trinajstić information content (AvgIpc) is 2.47. The molecule has 1 atom stereocenters. The fourth-order valence-corrected chi connectivity index (χ4v) is 1.71. The van der Waals surface area contributed by atoms with Crippen molar-refractivity contribution in [3.63, 3.8) is 0 Å². The molecule has 0 saturated carbocycles. The van der Waals surface area contributed by atoms with Crippen molar-refractivity contribution in [2.24, 2.45) is 5.73 Å². The highest BCUT2D eigenvalue weighted by molar-refractivity contribution is 5.73. The van der Waals surface area contributed by atoms with E-state index in [-0.39, 0.29) is 0 Å². The minimum atomic E-state index is -0.998. The van der Waals surface area contributed by atoms with Crippen molar-refractivity contribution in [3.05, 3.63) is 59.9 Å². The second-order valence-corrected chi connectivity index (χ2v) is 4.44. The van der Waals surface area contributed by atoms with Gasteiger partial charge in [0.2, 0.25) is 0 Å². The van der Waals surface area contributed by atoms with Crippen LogP contribution in [0.25, 0.3) is 0 Å². The maximum Gasteiger partial charge on any atom is 0.320 e. The van der Waals surface area contributed by atoms with Crippen LogP contribution in [0.15, 0.2) is 48.8 Å². The van der Waals surface area contributed by atoms with Crippen LogP contribution < -0.4 is 10.5 Å². The number of carbonyl (C=O) groups is 1. The van der Waals surface area contributed by atoms with E-state index in [0.29, 0.717) is 13.0 Å². The molecule has 1 aromatic carbocycles. The number of nitrogens with two attached hydrogens (primary N) is 1. The Morgan fingerprint density at radius 2 is 2.00 bits per heavy atom. The van der Waals surface area contributed by atoms with E-state index in [4.69, 9.17) is 15.6 Å². The van der Waals surface area contributed by atoms with Gasteiger partial charge in [-0.3, -0.25) is 9.78 Å². The maximum absolute atomic E-state index is 10.7. The molecule has 104 valence electrons. The van der Waals surface area contributed by atoms with E-state index >= 15 is 0 Å². The molecule has 0 fully saturated rings. The average molecular weight is 272 g/mol. The molecule has 0 bridgehead atoms. The number of aliphatic carboxylic acids is 1. The van der Waals surface area contributed by atoms with Gasteiger partial charge in [-0.15, -0.1) is 0 Å². The zero-order chi connectivity index (χ0) is 14.4. The molecule has 0 aliphatic heterocycles. The first kappa shape index (κ1) is 14.0.